The van der Waals surface area contributed by atoms with E-state index in [0.29, 0.717) is 17.4 Å². The molecule has 3 aromatic carbocycles. The number of amidine groups is 2. The molecule has 2 atom stereocenters. The van der Waals surface area contributed by atoms with Gasteiger partial charge in [-0.15, -0.1) is 0 Å². The topological polar surface area (TPSA) is 74.1 Å². The molecule has 5 rings (SSSR count). The maximum absolute atomic E-state index is 13.6. The number of hydrogen-bond donors (Lipinski definition) is 1. The number of rotatable bonds is 5. The lowest BCUT2D eigenvalue weighted by Gasteiger charge is -2.27. The van der Waals surface area contributed by atoms with Crippen LogP contribution in [0.5, 0.6) is 0 Å². The number of nitrogens with one attached hydrogen (secondary N) is 1. The van der Waals surface area contributed by atoms with Crippen LogP contribution in [0.4, 0.5) is 11.4 Å². The third kappa shape index (κ3) is 4.28. The number of aliphatic imine (C=N–C) groups is 2. The summed E-state index contributed by atoms with van der Waals surface area (Å²) in [4.78, 5) is 38.1. The van der Waals surface area contributed by atoms with E-state index in [1.165, 1.54) is 11.8 Å². The Labute approximate surface area is 209 Å². The molecule has 0 spiro atoms. The highest BCUT2D eigenvalue weighted by Crippen LogP contribution is 2.39. The van der Waals surface area contributed by atoms with Crippen LogP contribution in [0.15, 0.2) is 82.8 Å². The van der Waals surface area contributed by atoms with E-state index >= 15 is 0 Å². The molecule has 2 amide bonds. The standard InChI is InChI=1S/C28H26N4O2S/c1-4-22(26(33)31-23-17(2)11-10-12-18(23)3)35-28-29-21-16-9-8-15-20(21)25-30-24(27(34)32(25)28)19-13-6-5-7-14-19/h5-16,22,24H,4H2,1-3H3,(H,31,33)/t22-,24-/m0/s1. The van der Waals surface area contributed by atoms with Gasteiger partial charge in [-0.25, -0.2) is 14.9 Å². The highest BCUT2D eigenvalue weighted by Gasteiger charge is 2.43. The summed E-state index contributed by atoms with van der Waals surface area (Å²) in [6, 6.07) is 22.5. The molecule has 0 unspecified atom stereocenters. The number of aryl methyl sites for hydroxylation is 2. The molecule has 2 heterocycles. The van der Waals surface area contributed by atoms with Gasteiger partial charge < -0.3 is 5.32 Å². The van der Waals surface area contributed by atoms with Crippen molar-refractivity contribution in [3.63, 3.8) is 0 Å². The third-order valence-corrected chi connectivity index (χ3v) is 7.54. The number of nitrogens with zero attached hydrogens (tertiary/aromatic N) is 3. The minimum absolute atomic E-state index is 0.110. The molecular formula is C28H26N4O2S. The zero-order valence-corrected chi connectivity index (χ0v) is 20.7. The molecule has 2 aliphatic heterocycles. The number of hydrogen-bond acceptors (Lipinski definition) is 5. The van der Waals surface area contributed by atoms with Crippen molar-refractivity contribution in [2.75, 3.05) is 5.32 Å². The van der Waals surface area contributed by atoms with Crippen LogP contribution in [0.3, 0.4) is 0 Å². The molecule has 35 heavy (non-hydrogen) atoms. The van der Waals surface area contributed by atoms with E-state index in [1.807, 2.05) is 93.6 Å². The van der Waals surface area contributed by atoms with Gasteiger partial charge in [-0.2, -0.15) is 0 Å². The van der Waals surface area contributed by atoms with Gasteiger partial charge in [-0.05, 0) is 49.1 Å². The lowest BCUT2D eigenvalue weighted by atomic mass is 10.1. The summed E-state index contributed by atoms with van der Waals surface area (Å²) in [5, 5.41) is 3.15. The van der Waals surface area contributed by atoms with Crippen LogP contribution in [0, 0.1) is 13.8 Å². The molecule has 1 N–H and O–H groups in total. The number of anilines is 1. The van der Waals surface area contributed by atoms with Crippen molar-refractivity contribution in [1.82, 2.24) is 4.90 Å². The summed E-state index contributed by atoms with van der Waals surface area (Å²) in [7, 11) is 0. The lowest BCUT2D eigenvalue weighted by molar-refractivity contribution is -0.124. The summed E-state index contributed by atoms with van der Waals surface area (Å²) in [6.45, 7) is 5.93. The lowest BCUT2D eigenvalue weighted by Crippen LogP contribution is -2.41. The minimum Gasteiger partial charge on any atom is -0.325 e. The van der Waals surface area contributed by atoms with Gasteiger partial charge in [-0.3, -0.25) is 9.59 Å². The Hall–Kier alpha value is -3.71. The number of para-hydroxylation sites is 2. The highest BCUT2D eigenvalue weighted by molar-refractivity contribution is 8.15. The van der Waals surface area contributed by atoms with E-state index in [9.17, 15) is 9.59 Å². The first-order chi connectivity index (χ1) is 17.0. The quantitative estimate of drug-likeness (QED) is 0.501. The van der Waals surface area contributed by atoms with Crippen molar-refractivity contribution in [3.8, 4) is 0 Å². The molecule has 3 aromatic rings. The first kappa shape index (κ1) is 23.1. The second kappa shape index (κ2) is 9.50. The molecule has 0 radical (unpaired) electrons. The number of amides is 2. The molecule has 6 nitrogen and oxygen atoms in total. The largest absolute Gasteiger partial charge is 0.325 e. The molecule has 0 saturated carbocycles. The maximum atomic E-state index is 13.6. The average molecular weight is 483 g/mol. The summed E-state index contributed by atoms with van der Waals surface area (Å²) < 4.78 is 0. The number of carbonyl (C=O) groups is 2. The first-order valence-electron chi connectivity index (χ1n) is 11.7. The summed E-state index contributed by atoms with van der Waals surface area (Å²) in [6.07, 6.45) is 0.582. The molecule has 7 heteroatoms. The second-order valence-corrected chi connectivity index (χ2v) is 9.79. The van der Waals surface area contributed by atoms with Gasteiger partial charge in [0.1, 0.15) is 5.84 Å². The van der Waals surface area contributed by atoms with E-state index < -0.39 is 11.3 Å². The third-order valence-electron chi connectivity index (χ3n) is 6.23. The van der Waals surface area contributed by atoms with Crippen molar-refractivity contribution in [1.29, 1.82) is 0 Å². The molecule has 0 aliphatic carbocycles. The van der Waals surface area contributed by atoms with Crippen LogP contribution >= 0.6 is 11.8 Å². The number of carbonyl (C=O) groups excluding carboxylic acids is 2. The number of benzene rings is 3. The maximum Gasteiger partial charge on any atom is 0.263 e. The Morgan fingerprint density at radius 1 is 1.00 bits per heavy atom. The molecule has 0 aromatic heterocycles. The normalized spacial score (nSPS) is 17.3. The Balaban J connectivity index is 1.47. The average Bonchev–Trinajstić information content (AvgIpc) is 3.23. The van der Waals surface area contributed by atoms with Gasteiger partial charge >= 0.3 is 0 Å². The fourth-order valence-electron chi connectivity index (χ4n) is 4.35. The van der Waals surface area contributed by atoms with Gasteiger partial charge in [0.2, 0.25) is 5.91 Å². The Kier molecular flexibility index (Phi) is 6.26. The van der Waals surface area contributed by atoms with Crippen molar-refractivity contribution < 1.29 is 9.59 Å². The zero-order valence-electron chi connectivity index (χ0n) is 19.9. The fraction of sp³-hybridized carbons (Fsp3) is 0.214. The second-order valence-electron chi connectivity index (χ2n) is 8.62. The van der Waals surface area contributed by atoms with Gasteiger partial charge in [0.05, 0.1) is 10.9 Å². The van der Waals surface area contributed by atoms with Crippen LogP contribution in [0.2, 0.25) is 0 Å². The summed E-state index contributed by atoms with van der Waals surface area (Å²) in [5.41, 5.74) is 5.25. The van der Waals surface area contributed by atoms with E-state index in [0.717, 1.165) is 33.6 Å². The smallest absolute Gasteiger partial charge is 0.263 e. The fourth-order valence-corrected chi connectivity index (χ4v) is 5.37. The van der Waals surface area contributed by atoms with Crippen LogP contribution in [-0.4, -0.2) is 33.0 Å². The predicted octanol–water partition coefficient (Wildman–Crippen LogP) is 5.79. The Bertz CT molecular complexity index is 1350. The Morgan fingerprint density at radius 2 is 1.69 bits per heavy atom. The number of thioether (sulfide) groups is 1. The summed E-state index contributed by atoms with van der Waals surface area (Å²) in [5.74, 6) is 0.320. The van der Waals surface area contributed by atoms with E-state index in [-0.39, 0.29) is 11.8 Å². The molecule has 2 aliphatic rings. The first-order valence-corrected chi connectivity index (χ1v) is 12.5. The molecule has 0 saturated heterocycles. The predicted molar refractivity (Wildman–Crippen MR) is 142 cm³/mol. The molecular weight excluding hydrogens is 456 g/mol. The number of fused-ring (bicyclic) bond motifs is 3. The molecule has 176 valence electrons. The van der Waals surface area contributed by atoms with Crippen molar-refractivity contribution in [2.24, 2.45) is 9.98 Å². The van der Waals surface area contributed by atoms with Crippen LogP contribution in [-0.2, 0) is 9.59 Å². The Morgan fingerprint density at radius 3 is 2.40 bits per heavy atom. The van der Waals surface area contributed by atoms with E-state index in [2.05, 4.69) is 5.32 Å². The summed E-state index contributed by atoms with van der Waals surface area (Å²) >= 11 is 1.31. The molecule has 0 fully saturated rings. The minimum atomic E-state index is -0.633. The van der Waals surface area contributed by atoms with Gasteiger partial charge in [0.25, 0.3) is 5.91 Å². The molecule has 0 bridgehead atoms. The zero-order chi connectivity index (χ0) is 24.5. The van der Waals surface area contributed by atoms with Gasteiger partial charge in [0, 0.05) is 11.3 Å². The van der Waals surface area contributed by atoms with Crippen LogP contribution in [0.25, 0.3) is 0 Å². The van der Waals surface area contributed by atoms with Crippen molar-refractivity contribution >= 4 is 46.0 Å². The highest BCUT2D eigenvalue weighted by atomic mass is 32.2. The van der Waals surface area contributed by atoms with Crippen LogP contribution < -0.4 is 5.32 Å². The van der Waals surface area contributed by atoms with Gasteiger partial charge in [-0.1, -0.05) is 79.3 Å². The van der Waals surface area contributed by atoms with Gasteiger partial charge in [0.15, 0.2) is 11.2 Å². The van der Waals surface area contributed by atoms with E-state index in [1.54, 1.807) is 4.90 Å². The monoisotopic (exact) mass is 482 g/mol. The SMILES string of the molecule is CC[C@H](SC1=Nc2ccccc2C2=N[C@@H](c3ccccc3)C(=O)N12)C(=O)Nc1c(C)cccc1C. The van der Waals surface area contributed by atoms with Crippen LogP contribution in [0.1, 0.15) is 41.6 Å². The van der Waals surface area contributed by atoms with Crippen molar-refractivity contribution in [3.05, 3.63) is 95.1 Å². The van der Waals surface area contributed by atoms with E-state index in [4.69, 9.17) is 9.98 Å². The van der Waals surface area contributed by atoms with Crippen molar-refractivity contribution in [2.45, 2.75) is 38.5 Å².